The van der Waals surface area contributed by atoms with Crippen LogP contribution < -0.4 is 14.8 Å². The van der Waals surface area contributed by atoms with Crippen LogP contribution in [0.5, 0.6) is 5.75 Å². The van der Waals surface area contributed by atoms with Gasteiger partial charge < -0.3 is 10.1 Å². The second-order valence-electron chi connectivity index (χ2n) is 7.03. The number of aryl methyl sites for hydroxylation is 1. The fourth-order valence-corrected chi connectivity index (χ4v) is 4.17. The van der Waals surface area contributed by atoms with E-state index in [1.807, 2.05) is 54.6 Å². The number of benzene rings is 3. The Kier molecular flexibility index (Phi) is 7.44. The van der Waals surface area contributed by atoms with E-state index < -0.39 is 10.0 Å². The average Bonchev–Trinajstić information content (AvgIpc) is 2.77. The van der Waals surface area contributed by atoms with Crippen LogP contribution in [0, 0.1) is 6.92 Å². The molecule has 0 unspecified atom stereocenters. The summed E-state index contributed by atoms with van der Waals surface area (Å²) in [5, 5.41) is 2.90. The van der Waals surface area contributed by atoms with Gasteiger partial charge in [0.05, 0.1) is 4.90 Å². The zero-order valence-corrected chi connectivity index (χ0v) is 18.4. The first kappa shape index (κ1) is 22.5. The van der Waals surface area contributed by atoms with E-state index in [1.54, 1.807) is 19.9 Å². The van der Waals surface area contributed by atoms with Crippen LogP contribution >= 0.6 is 0 Å². The average molecular weight is 439 g/mol. The van der Waals surface area contributed by atoms with Gasteiger partial charge in [-0.3, -0.25) is 4.79 Å². The monoisotopic (exact) mass is 438 g/mol. The molecule has 0 aromatic heterocycles. The molecule has 0 aliphatic carbocycles. The van der Waals surface area contributed by atoms with E-state index in [0.717, 1.165) is 16.9 Å². The Morgan fingerprint density at radius 2 is 1.61 bits per heavy atom. The lowest BCUT2D eigenvalue weighted by Gasteiger charge is -2.13. The third kappa shape index (κ3) is 5.93. The third-order valence-electron chi connectivity index (χ3n) is 4.79. The van der Waals surface area contributed by atoms with Crippen LogP contribution in [0.1, 0.15) is 34.0 Å². The third-order valence-corrected chi connectivity index (χ3v) is 6.34. The van der Waals surface area contributed by atoms with E-state index in [1.165, 1.54) is 12.1 Å². The van der Waals surface area contributed by atoms with Crippen molar-refractivity contribution in [2.75, 3.05) is 6.54 Å². The van der Waals surface area contributed by atoms with E-state index in [9.17, 15) is 13.2 Å². The fraction of sp³-hybridized carbons (Fsp3) is 0.208. The summed E-state index contributed by atoms with van der Waals surface area (Å²) in [5.74, 6) is 0.445. The van der Waals surface area contributed by atoms with Crippen LogP contribution in [0.25, 0.3) is 0 Å². The van der Waals surface area contributed by atoms with Crippen molar-refractivity contribution in [2.45, 2.75) is 31.9 Å². The van der Waals surface area contributed by atoms with Crippen LogP contribution in [0.3, 0.4) is 0 Å². The highest BCUT2D eigenvalue weighted by molar-refractivity contribution is 7.89. The lowest BCUT2D eigenvalue weighted by Crippen LogP contribution is -2.26. The number of amides is 1. The van der Waals surface area contributed by atoms with E-state index in [2.05, 4.69) is 10.0 Å². The number of nitrogens with one attached hydrogen (secondary N) is 2. The van der Waals surface area contributed by atoms with E-state index in [4.69, 9.17) is 4.74 Å². The standard InChI is InChI=1S/C24H26N2O4S/c1-3-26-31(28,29)22-14-13-18(2)23(15-22)24(27)25-16-19-9-7-8-10-20(19)17-30-21-11-5-4-6-12-21/h4-15,26H,3,16-17H2,1-2H3,(H,25,27). The van der Waals surface area contributed by atoms with Gasteiger partial charge in [-0.25, -0.2) is 13.1 Å². The molecule has 3 aromatic rings. The first-order valence-corrected chi connectivity index (χ1v) is 11.5. The van der Waals surface area contributed by atoms with Gasteiger partial charge in [0.1, 0.15) is 12.4 Å². The van der Waals surface area contributed by atoms with Gasteiger partial charge in [0, 0.05) is 18.7 Å². The van der Waals surface area contributed by atoms with Crippen LogP contribution in [-0.2, 0) is 23.2 Å². The van der Waals surface area contributed by atoms with Crippen LogP contribution in [0.15, 0.2) is 77.7 Å². The Balaban J connectivity index is 1.71. The maximum Gasteiger partial charge on any atom is 0.251 e. The molecule has 7 heteroatoms. The molecule has 3 aromatic carbocycles. The first-order valence-electron chi connectivity index (χ1n) is 10.0. The summed E-state index contributed by atoms with van der Waals surface area (Å²) in [7, 11) is -3.64. The number of ether oxygens (including phenoxy) is 1. The molecule has 0 saturated carbocycles. The predicted octanol–water partition coefficient (Wildman–Crippen LogP) is 3.80. The van der Waals surface area contributed by atoms with Crippen LogP contribution in [-0.4, -0.2) is 20.9 Å². The van der Waals surface area contributed by atoms with E-state index in [0.29, 0.717) is 24.3 Å². The Labute approximate surface area is 183 Å². The SMILES string of the molecule is CCNS(=O)(=O)c1ccc(C)c(C(=O)NCc2ccccc2COc2ccccc2)c1. The van der Waals surface area contributed by atoms with Gasteiger partial charge in [-0.1, -0.05) is 55.5 Å². The number of rotatable bonds is 9. The largest absolute Gasteiger partial charge is 0.489 e. The summed E-state index contributed by atoms with van der Waals surface area (Å²) >= 11 is 0. The van der Waals surface area contributed by atoms with Gasteiger partial charge in [0.15, 0.2) is 0 Å². The lowest BCUT2D eigenvalue weighted by molar-refractivity contribution is 0.0950. The zero-order valence-electron chi connectivity index (χ0n) is 17.6. The molecule has 0 aliphatic rings. The quantitative estimate of drug-likeness (QED) is 0.532. The van der Waals surface area contributed by atoms with Gasteiger partial charge in [-0.15, -0.1) is 0 Å². The minimum Gasteiger partial charge on any atom is -0.489 e. The zero-order chi connectivity index (χ0) is 22.3. The molecule has 0 radical (unpaired) electrons. The molecule has 0 fully saturated rings. The molecule has 0 bridgehead atoms. The van der Waals surface area contributed by atoms with Gasteiger partial charge in [0.2, 0.25) is 10.0 Å². The van der Waals surface area contributed by atoms with Gasteiger partial charge >= 0.3 is 0 Å². The molecule has 31 heavy (non-hydrogen) atoms. The molecule has 0 saturated heterocycles. The molecular weight excluding hydrogens is 412 g/mol. The lowest BCUT2D eigenvalue weighted by atomic mass is 10.1. The summed E-state index contributed by atoms with van der Waals surface area (Å²) in [5.41, 5.74) is 2.93. The Morgan fingerprint density at radius 3 is 2.32 bits per heavy atom. The van der Waals surface area contributed by atoms with Gasteiger partial charge in [-0.2, -0.15) is 0 Å². The van der Waals surface area contributed by atoms with Crippen molar-refractivity contribution < 1.29 is 17.9 Å². The minimum absolute atomic E-state index is 0.0711. The topological polar surface area (TPSA) is 84.5 Å². The van der Waals surface area contributed by atoms with Crippen molar-refractivity contribution >= 4 is 15.9 Å². The molecule has 2 N–H and O–H groups in total. The fourth-order valence-electron chi connectivity index (χ4n) is 3.11. The number of hydrogen-bond acceptors (Lipinski definition) is 4. The molecular formula is C24H26N2O4S. The molecule has 0 aliphatic heterocycles. The van der Waals surface area contributed by atoms with Crippen molar-refractivity contribution in [3.8, 4) is 5.75 Å². The van der Waals surface area contributed by atoms with Gasteiger partial charge in [-0.05, 0) is 47.9 Å². The van der Waals surface area contributed by atoms with Crippen molar-refractivity contribution in [3.05, 3.63) is 95.1 Å². The molecule has 0 atom stereocenters. The van der Waals surface area contributed by atoms with E-state index >= 15 is 0 Å². The minimum atomic E-state index is -3.64. The summed E-state index contributed by atoms with van der Waals surface area (Å²) in [6.07, 6.45) is 0. The highest BCUT2D eigenvalue weighted by Gasteiger charge is 2.17. The van der Waals surface area contributed by atoms with Crippen molar-refractivity contribution in [1.82, 2.24) is 10.0 Å². The summed E-state index contributed by atoms with van der Waals surface area (Å²) < 4.78 is 32.8. The molecule has 162 valence electrons. The number of hydrogen-bond donors (Lipinski definition) is 2. The smallest absolute Gasteiger partial charge is 0.251 e. The van der Waals surface area contributed by atoms with Crippen molar-refractivity contribution in [1.29, 1.82) is 0 Å². The van der Waals surface area contributed by atoms with Gasteiger partial charge in [0.25, 0.3) is 5.91 Å². The predicted molar refractivity (Wildman–Crippen MR) is 120 cm³/mol. The normalized spacial score (nSPS) is 11.2. The Hall–Kier alpha value is -3.16. The molecule has 0 heterocycles. The summed E-state index contributed by atoms with van der Waals surface area (Å²) in [4.78, 5) is 12.9. The molecule has 6 nitrogen and oxygen atoms in total. The van der Waals surface area contributed by atoms with Crippen molar-refractivity contribution in [2.24, 2.45) is 0 Å². The van der Waals surface area contributed by atoms with Crippen molar-refractivity contribution in [3.63, 3.8) is 0 Å². The van der Waals surface area contributed by atoms with Crippen LogP contribution in [0.4, 0.5) is 0 Å². The highest BCUT2D eigenvalue weighted by Crippen LogP contribution is 2.17. The summed E-state index contributed by atoms with van der Waals surface area (Å²) in [6, 6.07) is 21.8. The number of carbonyl (C=O) groups excluding carboxylic acids is 1. The molecule has 1 amide bonds. The number of para-hydroxylation sites is 1. The second kappa shape index (κ2) is 10.2. The Bertz CT molecular complexity index is 1150. The van der Waals surface area contributed by atoms with E-state index in [-0.39, 0.29) is 17.3 Å². The summed E-state index contributed by atoms with van der Waals surface area (Å²) in [6.45, 7) is 4.44. The number of sulfonamides is 1. The number of carbonyl (C=O) groups is 1. The Morgan fingerprint density at radius 1 is 0.935 bits per heavy atom. The maximum atomic E-state index is 12.8. The molecule has 0 spiro atoms. The first-order chi connectivity index (χ1) is 14.9. The maximum absolute atomic E-state index is 12.8. The second-order valence-corrected chi connectivity index (χ2v) is 8.80. The molecule has 3 rings (SSSR count). The highest BCUT2D eigenvalue weighted by atomic mass is 32.2. The van der Waals surface area contributed by atoms with Crippen LogP contribution in [0.2, 0.25) is 0 Å².